The third-order valence-corrected chi connectivity index (χ3v) is 14.2. The standard InChI is InChI=1S/C52H55ClFN9O13/c1-3-52(74)32-19-37-47-30(24-63(37)50(72)31(32)25-75-51(52)73)45-34(14-13-29-44(45)35(60-47)20-33(54)46(29)53)61-48(70)27(2)76-26-58-40(66)22-57-49(71)36(18-28-10-6-4-7-11-28)59-41(67)23-56-39(65)21-55-38(64)12-8-5-9-17-62-42(68)15-16-43(62)69/h4,6-7,10-11,15-16,19-20,27,34,36,74H,3,5,8-9,12-14,17-18,21-26H2,1-2H3,(H,55,64)(H,56,65)(H,57,71)(H,58,66)(H,59,67)(H,61,70)/t27-,34+,36-,52-/m0/s1. The van der Waals surface area contributed by atoms with Crippen LogP contribution in [-0.4, -0.2) is 118 Å². The predicted octanol–water partition coefficient (Wildman–Crippen LogP) is 1.02. The number of ether oxygens (including phenoxy) is 2. The summed E-state index contributed by atoms with van der Waals surface area (Å²) in [6.45, 7) is 1.02. The van der Waals surface area contributed by atoms with Gasteiger partial charge >= 0.3 is 5.97 Å². The minimum absolute atomic E-state index is 0.00296. The van der Waals surface area contributed by atoms with Crippen molar-refractivity contribution in [1.29, 1.82) is 0 Å². The molecule has 4 atom stereocenters. The van der Waals surface area contributed by atoms with Crippen molar-refractivity contribution in [2.45, 2.75) is 102 Å². The van der Waals surface area contributed by atoms with Crippen molar-refractivity contribution in [3.63, 3.8) is 0 Å². The van der Waals surface area contributed by atoms with Crippen LogP contribution in [-0.2, 0) is 84.2 Å². The number of carbonyl (C=O) groups excluding carboxylic acids is 9. The van der Waals surface area contributed by atoms with Crippen LogP contribution in [0.1, 0.15) is 91.8 Å². The molecule has 5 heterocycles. The summed E-state index contributed by atoms with van der Waals surface area (Å²) >= 11 is 6.51. The average molecular weight is 1070 g/mol. The number of esters is 1. The van der Waals surface area contributed by atoms with E-state index in [-0.39, 0.29) is 85.3 Å². The quantitative estimate of drug-likeness (QED) is 0.0221. The van der Waals surface area contributed by atoms with Crippen molar-refractivity contribution >= 4 is 75.7 Å². The van der Waals surface area contributed by atoms with E-state index in [0.717, 1.165) is 4.90 Å². The summed E-state index contributed by atoms with van der Waals surface area (Å²) in [5.41, 5.74) is 0.751. The van der Waals surface area contributed by atoms with Crippen molar-refractivity contribution in [3.05, 3.63) is 109 Å². The minimum atomic E-state index is -2.07. The monoisotopic (exact) mass is 1070 g/mol. The molecule has 0 spiro atoms. The van der Waals surface area contributed by atoms with Gasteiger partial charge in [0.2, 0.25) is 35.4 Å². The average Bonchev–Trinajstić information content (AvgIpc) is 4.12. The molecule has 2 aromatic heterocycles. The fourth-order valence-corrected chi connectivity index (χ4v) is 9.90. The Balaban J connectivity index is 0.819. The second kappa shape index (κ2) is 23.3. The number of hydrogen-bond donors (Lipinski definition) is 7. The van der Waals surface area contributed by atoms with E-state index in [1.165, 1.54) is 35.8 Å². The number of unbranched alkanes of at least 4 members (excludes halogenated alkanes) is 2. The van der Waals surface area contributed by atoms with Crippen LogP contribution in [0.15, 0.2) is 59.4 Å². The van der Waals surface area contributed by atoms with E-state index >= 15 is 4.39 Å². The van der Waals surface area contributed by atoms with Gasteiger partial charge in [0, 0.05) is 54.1 Å². The number of benzene rings is 2. The molecule has 0 saturated heterocycles. The number of rotatable bonds is 22. The summed E-state index contributed by atoms with van der Waals surface area (Å²) in [7, 11) is 0. The third-order valence-electron chi connectivity index (χ3n) is 13.8. The second-order valence-electron chi connectivity index (χ2n) is 18.7. The van der Waals surface area contributed by atoms with Crippen LogP contribution < -0.4 is 37.5 Å². The Bertz CT molecular complexity index is 3130. The summed E-state index contributed by atoms with van der Waals surface area (Å²) in [4.78, 5) is 134. The minimum Gasteiger partial charge on any atom is -0.458 e. The van der Waals surface area contributed by atoms with E-state index in [1.807, 2.05) is 0 Å². The van der Waals surface area contributed by atoms with Gasteiger partial charge in [-0.05, 0) is 61.8 Å². The van der Waals surface area contributed by atoms with Crippen LogP contribution in [0.4, 0.5) is 4.39 Å². The number of halogens is 2. The van der Waals surface area contributed by atoms with E-state index in [0.29, 0.717) is 58.3 Å². The van der Waals surface area contributed by atoms with Crippen molar-refractivity contribution in [1.82, 2.24) is 46.4 Å². The number of imide groups is 1. The molecular weight excluding hydrogens is 1010 g/mol. The second-order valence-corrected chi connectivity index (χ2v) is 19.1. The fourth-order valence-electron chi connectivity index (χ4n) is 9.66. The first-order chi connectivity index (χ1) is 36.4. The molecule has 0 radical (unpaired) electrons. The van der Waals surface area contributed by atoms with Crippen LogP contribution in [0, 0.1) is 5.82 Å². The molecule has 4 aromatic rings. The number of nitrogens with one attached hydrogen (secondary N) is 6. The van der Waals surface area contributed by atoms with Gasteiger partial charge in [-0.25, -0.2) is 14.2 Å². The molecule has 24 heteroatoms. The number of nitrogens with zero attached hydrogens (tertiary/aromatic N) is 3. The van der Waals surface area contributed by atoms with Gasteiger partial charge in [0.25, 0.3) is 17.4 Å². The number of fused-ring (bicyclic) bond motifs is 5. The number of aryl methyl sites for hydroxylation is 1. The Morgan fingerprint density at radius 1 is 0.882 bits per heavy atom. The highest BCUT2D eigenvalue weighted by atomic mass is 35.5. The van der Waals surface area contributed by atoms with Crippen molar-refractivity contribution in [2.75, 3.05) is 32.9 Å². The summed E-state index contributed by atoms with van der Waals surface area (Å²) in [6, 6.07) is 9.57. The van der Waals surface area contributed by atoms with Gasteiger partial charge in [-0.2, -0.15) is 0 Å². The first-order valence-electron chi connectivity index (χ1n) is 24.8. The Hall–Kier alpha value is -7.89. The number of carbonyl (C=O) groups is 9. The first-order valence-corrected chi connectivity index (χ1v) is 25.1. The molecule has 8 amide bonds. The highest BCUT2D eigenvalue weighted by Gasteiger charge is 2.46. The Morgan fingerprint density at radius 3 is 2.32 bits per heavy atom. The Kier molecular flexibility index (Phi) is 16.7. The number of amides is 8. The Labute approximate surface area is 438 Å². The molecule has 0 saturated carbocycles. The maximum absolute atomic E-state index is 15.3. The zero-order valence-corrected chi connectivity index (χ0v) is 42.2. The molecule has 1 aliphatic carbocycles. The molecular formula is C52H55ClFN9O13. The fraction of sp³-hybridized carbons (Fsp3) is 0.404. The number of hydrogen-bond acceptors (Lipinski definition) is 14. The zero-order valence-electron chi connectivity index (χ0n) is 41.5. The van der Waals surface area contributed by atoms with Crippen molar-refractivity contribution in [2.24, 2.45) is 0 Å². The van der Waals surface area contributed by atoms with Gasteiger partial charge < -0.3 is 51.0 Å². The lowest BCUT2D eigenvalue weighted by Crippen LogP contribution is -2.52. The molecule has 0 unspecified atom stereocenters. The largest absolute Gasteiger partial charge is 0.458 e. The molecule has 76 heavy (non-hydrogen) atoms. The van der Waals surface area contributed by atoms with Gasteiger partial charge in [-0.15, -0.1) is 0 Å². The summed E-state index contributed by atoms with van der Waals surface area (Å²) in [5, 5.41) is 27.2. The summed E-state index contributed by atoms with van der Waals surface area (Å²) in [6.07, 6.45) is 3.41. The van der Waals surface area contributed by atoms with E-state index in [2.05, 4.69) is 31.9 Å². The lowest BCUT2D eigenvalue weighted by Gasteiger charge is -2.31. The molecule has 22 nitrogen and oxygen atoms in total. The number of cyclic esters (lactones) is 1. The highest BCUT2D eigenvalue weighted by Crippen LogP contribution is 2.47. The number of aromatic nitrogens is 2. The van der Waals surface area contributed by atoms with Crippen LogP contribution in [0.2, 0.25) is 5.02 Å². The molecule has 0 fully saturated rings. The third kappa shape index (κ3) is 11.6. The van der Waals surface area contributed by atoms with Crippen molar-refractivity contribution < 1.29 is 62.1 Å². The first kappa shape index (κ1) is 54.4. The Morgan fingerprint density at radius 2 is 1.58 bits per heavy atom. The predicted molar refractivity (Wildman–Crippen MR) is 268 cm³/mol. The van der Waals surface area contributed by atoms with E-state index < -0.39 is 103 Å². The van der Waals surface area contributed by atoms with Gasteiger partial charge in [-0.3, -0.25) is 48.1 Å². The molecule has 400 valence electrons. The summed E-state index contributed by atoms with van der Waals surface area (Å²) in [5.74, 6) is -6.12. The SMILES string of the molecule is CC[C@@]1(O)C(=O)OCc2c1cc1n(c2=O)Cc2c-1nc1cc(F)c(Cl)c3c1c2[C@H](NC(=O)[C@H](C)OCNC(=O)CNC(=O)[C@H](Cc1ccccc1)NC(=O)CNC(=O)CNC(=O)CCCCCN1C(=O)C=CC1=O)CC3. The van der Waals surface area contributed by atoms with Gasteiger partial charge in [-0.1, -0.05) is 55.3 Å². The van der Waals surface area contributed by atoms with E-state index in [9.17, 15) is 53.1 Å². The lowest BCUT2D eigenvalue weighted by molar-refractivity contribution is -0.172. The van der Waals surface area contributed by atoms with Gasteiger partial charge in [0.15, 0.2) is 5.60 Å². The van der Waals surface area contributed by atoms with Crippen molar-refractivity contribution in [3.8, 4) is 11.4 Å². The highest BCUT2D eigenvalue weighted by molar-refractivity contribution is 6.32. The maximum atomic E-state index is 15.3. The lowest BCUT2D eigenvalue weighted by atomic mass is 9.83. The molecule has 4 aliphatic rings. The zero-order chi connectivity index (χ0) is 54.4. The molecule has 2 aromatic carbocycles. The topological polar surface area (TPSA) is 303 Å². The smallest absolute Gasteiger partial charge is 0.343 e. The number of aliphatic hydroxyl groups is 1. The van der Waals surface area contributed by atoms with E-state index in [4.69, 9.17) is 26.1 Å². The van der Waals surface area contributed by atoms with Gasteiger partial charge in [0.05, 0.1) is 59.7 Å². The van der Waals surface area contributed by atoms with Crippen LogP contribution in [0.3, 0.4) is 0 Å². The van der Waals surface area contributed by atoms with Gasteiger partial charge in [0.1, 0.15) is 31.3 Å². The van der Waals surface area contributed by atoms with E-state index in [1.54, 1.807) is 37.3 Å². The van der Waals surface area contributed by atoms with Crippen LogP contribution in [0.5, 0.6) is 0 Å². The maximum Gasteiger partial charge on any atom is 0.343 e. The normalized spacial score (nSPS) is 17.7. The molecule has 3 aliphatic heterocycles. The molecule has 8 rings (SSSR count). The molecule has 7 N–H and O–H groups in total. The summed E-state index contributed by atoms with van der Waals surface area (Å²) < 4.78 is 27.6. The number of pyridine rings is 2. The van der Waals surface area contributed by atoms with Crippen LogP contribution >= 0.6 is 11.6 Å². The molecule has 0 bridgehead atoms. The van der Waals surface area contributed by atoms with Crippen LogP contribution in [0.25, 0.3) is 22.3 Å².